The van der Waals surface area contributed by atoms with Crippen LogP contribution in [0.5, 0.6) is 0 Å². The predicted molar refractivity (Wildman–Crippen MR) is 72.6 cm³/mol. The number of carbonyl (C=O) groups is 1. The largest absolute Gasteiger partial charge is 0.481 e. The van der Waals surface area contributed by atoms with Gasteiger partial charge in [-0.25, -0.2) is 13.1 Å². The number of carboxylic acids is 1. The smallest absolute Gasteiger partial charge is 0.310 e. The summed E-state index contributed by atoms with van der Waals surface area (Å²) in [5.74, 6) is -2.29. The normalized spacial score (nSPS) is 21.9. The van der Waals surface area contributed by atoms with E-state index >= 15 is 0 Å². The van der Waals surface area contributed by atoms with Gasteiger partial charge >= 0.3 is 5.97 Å². The Kier molecular flexibility index (Phi) is 4.57. The molecule has 1 aromatic rings. The maximum Gasteiger partial charge on any atom is 0.310 e. The van der Waals surface area contributed by atoms with E-state index in [1.807, 2.05) is 6.07 Å². The van der Waals surface area contributed by atoms with Gasteiger partial charge in [0, 0.05) is 0 Å². The van der Waals surface area contributed by atoms with Crippen molar-refractivity contribution in [2.45, 2.75) is 11.8 Å². The van der Waals surface area contributed by atoms with Crippen LogP contribution in [-0.4, -0.2) is 38.7 Å². The lowest BCUT2D eigenvalue weighted by atomic mass is 10.1. The lowest BCUT2D eigenvalue weighted by molar-refractivity contribution is -0.142. The van der Waals surface area contributed by atoms with Gasteiger partial charge in [-0.3, -0.25) is 4.79 Å². The molecule has 2 unspecified atom stereocenters. The fraction of sp³-hybridized carbons (Fsp3) is 0.385. The number of nitrogens with one attached hydrogen (secondary N) is 1. The summed E-state index contributed by atoms with van der Waals surface area (Å²) in [5, 5.41) is 17.8. The number of nitrogens with zero attached hydrogens (tertiary/aromatic N) is 1. The Morgan fingerprint density at radius 1 is 1.48 bits per heavy atom. The van der Waals surface area contributed by atoms with Gasteiger partial charge in [-0.05, 0) is 17.7 Å². The Bertz CT molecular complexity index is 680. The van der Waals surface area contributed by atoms with Gasteiger partial charge in [0.1, 0.15) is 0 Å². The zero-order chi connectivity index (χ0) is 15.5. The molecule has 0 aromatic heterocycles. The van der Waals surface area contributed by atoms with E-state index in [2.05, 4.69) is 4.72 Å². The van der Waals surface area contributed by atoms with Crippen LogP contribution in [0, 0.1) is 17.2 Å². The Labute approximate surface area is 122 Å². The van der Waals surface area contributed by atoms with Crippen molar-refractivity contribution < 1.29 is 23.1 Å². The number of sulfonamides is 1. The van der Waals surface area contributed by atoms with E-state index in [0.717, 1.165) is 0 Å². The topological polar surface area (TPSA) is 116 Å². The van der Waals surface area contributed by atoms with Gasteiger partial charge in [0.25, 0.3) is 0 Å². The third-order valence-electron chi connectivity index (χ3n) is 3.14. The Hall–Kier alpha value is -1.95. The third-order valence-corrected chi connectivity index (χ3v) is 4.52. The quantitative estimate of drug-likeness (QED) is 0.795. The molecule has 0 aliphatic carbocycles. The van der Waals surface area contributed by atoms with E-state index in [0.29, 0.717) is 11.1 Å². The van der Waals surface area contributed by atoms with Crippen LogP contribution in [0.25, 0.3) is 0 Å². The van der Waals surface area contributed by atoms with Gasteiger partial charge in [-0.1, -0.05) is 12.1 Å². The van der Waals surface area contributed by atoms with E-state index < -0.39 is 28.0 Å². The van der Waals surface area contributed by atoms with Gasteiger partial charge in [-0.2, -0.15) is 5.26 Å². The predicted octanol–water partition coefficient (Wildman–Crippen LogP) is 0.0773. The molecule has 112 valence electrons. The molecule has 8 heteroatoms. The van der Waals surface area contributed by atoms with Crippen molar-refractivity contribution in [2.75, 3.05) is 13.2 Å². The fourth-order valence-corrected chi connectivity index (χ4v) is 3.53. The number of rotatable bonds is 5. The van der Waals surface area contributed by atoms with Crippen molar-refractivity contribution in [3.8, 4) is 6.07 Å². The first-order valence-corrected chi connectivity index (χ1v) is 7.86. The second-order valence-electron chi connectivity index (χ2n) is 4.78. The first-order valence-electron chi connectivity index (χ1n) is 6.21. The summed E-state index contributed by atoms with van der Waals surface area (Å²) < 4.78 is 31.5. The number of carboxylic acid groups (broad SMARTS) is 1. The van der Waals surface area contributed by atoms with Crippen LogP contribution in [0.2, 0.25) is 0 Å². The molecule has 1 aromatic carbocycles. The highest BCUT2D eigenvalue weighted by molar-refractivity contribution is 7.88. The zero-order valence-corrected chi connectivity index (χ0v) is 11.8. The number of hydrogen-bond acceptors (Lipinski definition) is 5. The molecule has 7 nitrogen and oxygen atoms in total. The van der Waals surface area contributed by atoms with Crippen molar-refractivity contribution in [1.29, 1.82) is 5.26 Å². The Balaban J connectivity index is 2.08. The molecular formula is C13H14N2O5S. The molecule has 1 aliphatic heterocycles. The van der Waals surface area contributed by atoms with E-state index in [4.69, 9.17) is 15.1 Å². The maximum absolute atomic E-state index is 12.1. The highest BCUT2D eigenvalue weighted by Crippen LogP contribution is 2.16. The number of benzene rings is 1. The van der Waals surface area contributed by atoms with Gasteiger partial charge < -0.3 is 9.84 Å². The first kappa shape index (κ1) is 15.4. The minimum Gasteiger partial charge on any atom is -0.481 e. The van der Waals surface area contributed by atoms with Crippen molar-refractivity contribution in [2.24, 2.45) is 5.92 Å². The van der Waals surface area contributed by atoms with Crippen LogP contribution in [-0.2, 0) is 25.3 Å². The van der Waals surface area contributed by atoms with Gasteiger partial charge in [0.15, 0.2) is 0 Å². The summed E-state index contributed by atoms with van der Waals surface area (Å²) in [4.78, 5) is 11.0. The molecule has 0 radical (unpaired) electrons. The molecule has 0 saturated carbocycles. The van der Waals surface area contributed by atoms with Crippen LogP contribution < -0.4 is 4.72 Å². The van der Waals surface area contributed by atoms with Gasteiger partial charge in [-0.15, -0.1) is 0 Å². The second-order valence-corrected chi connectivity index (χ2v) is 6.53. The lowest BCUT2D eigenvalue weighted by Crippen LogP contribution is -2.43. The highest BCUT2D eigenvalue weighted by atomic mass is 32.2. The molecule has 2 N–H and O–H groups in total. The third kappa shape index (κ3) is 4.01. The molecule has 0 amide bonds. The van der Waals surface area contributed by atoms with Crippen molar-refractivity contribution >= 4 is 16.0 Å². The summed E-state index contributed by atoms with van der Waals surface area (Å²) in [6.07, 6.45) is 0. The van der Waals surface area contributed by atoms with Crippen molar-refractivity contribution in [1.82, 2.24) is 4.72 Å². The molecule has 1 saturated heterocycles. The molecular weight excluding hydrogens is 296 g/mol. The van der Waals surface area contributed by atoms with Gasteiger partial charge in [0.2, 0.25) is 10.0 Å². The molecule has 1 fully saturated rings. The maximum atomic E-state index is 12.1. The summed E-state index contributed by atoms with van der Waals surface area (Å²) in [6, 6.07) is 7.42. The number of hydrogen-bond donors (Lipinski definition) is 2. The van der Waals surface area contributed by atoms with E-state index in [-0.39, 0.29) is 19.0 Å². The highest BCUT2D eigenvalue weighted by Gasteiger charge is 2.36. The summed E-state index contributed by atoms with van der Waals surface area (Å²) in [7, 11) is -3.71. The minimum atomic E-state index is -3.71. The van der Waals surface area contributed by atoms with Crippen LogP contribution >= 0.6 is 0 Å². The average Bonchev–Trinajstić information content (AvgIpc) is 2.85. The van der Waals surface area contributed by atoms with Crippen LogP contribution in [0.1, 0.15) is 11.1 Å². The minimum absolute atomic E-state index is 0.00750. The van der Waals surface area contributed by atoms with E-state index in [1.165, 1.54) is 6.07 Å². The molecule has 0 bridgehead atoms. The fourth-order valence-electron chi connectivity index (χ4n) is 2.14. The summed E-state index contributed by atoms with van der Waals surface area (Å²) in [5.41, 5.74) is 0.836. The summed E-state index contributed by atoms with van der Waals surface area (Å²) in [6.45, 7) is 0.0286. The van der Waals surface area contributed by atoms with Crippen molar-refractivity contribution in [3.63, 3.8) is 0 Å². The Morgan fingerprint density at radius 2 is 2.24 bits per heavy atom. The SMILES string of the molecule is N#Cc1cccc(CS(=O)(=O)NC2COCC2C(=O)O)c1. The molecule has 21 heavy (non-hydrogen) atoms. The van der Waals surface area contributed by atoms with E-state index in [9.17, 15) is 13.2 Å². The standard InChI is InChI=1S/C13H14N2O5S/c14-5-9-2-1-3-10(4-9)8-21(18,19)15-12-7-20-6-11(12)13(16)17/h1-4,11-12,15H,6-8H2,(H,16,17). The molecule has 2 rings (SSSR count). The molecule has 0 spiro atoms. The second kappa shape index (κ2) is 6.22. The lowest BCUT2D eigenvalue weighted by Gasteiger charge is -2.15. The van der Waals surface area contributed by atoms with Crippen molar-refractivity contribution in [3.05, 3.63) is 35.4 Å². The van der Waals surface area contributed by atoms with Crippen LogP contribution in [0.4, 0.5) is 0 Å². The molecule has 1 aliphatic rings. The average molecular weight is 310 g/mol. The number of ether oxygens (including phenoxy) is 1. The molecule has 2 atom stereocenters. The first-order chi connectivity index (χ1) is 9.91. The summed E-state index contributed by atoms with van der Waals surface area (Å²) >= 11 is 0. The number of nitriles is 1. The van der Waals surface area contributed by atoms with Crippen LogP contribution in [0.3, 0.4) is 0 Å². The molecule has 1 heterocycles. The monoisotopic (exact) mass is 310 g/mol. The Morgan fingerprint density at radius 3 is 2.90 bits per heavy atom. The zero-order valence-electron chi connectivity index (χ0n) is 11.0. The van der Waals surface area contributed by atoms with Gasteiger partial charge in [0.05, 0.1) is 42.6 Å². The number of aliphatic carboxylic acids is 1. The van der Waals surface area contributed by atoms with Crippen LogP contribution in [0.15, 0.2) is 24.3 Å². The van der Waals surface area contributed by atoms with E-state index in [1.54, 1.807) is 18.2 Å².